The number of benzene rings is 2. The normalized spacial score (nSPS) is 12.4. The Morgan fingerprint density at radius 1 is 0.920 bits per heavy atom. The number of rotatable bonds is 1. The lowest BCUT2D eigenvalue weighted by atomic mass is 10.0. The standard InChI is InChI=1S/C20H14BrN3.BrH/c21-20-18(13-5-2-1-3-6-13)23-16-11-10-15-9-8-14-7-4-12-22-17(14)19(15)24(16)20;/h1-9,12H,10-11H2;1H. The average Bonchev–Trinajstić information content (AvgIpc) is 2.99. The maximum atomic E-state index is 4.91. The lowest BCUT2D eigenvalue weighted by Gasteiger charge is -2.20. The number of hydrogen-bond acceptors (Lipinski definition) is 2. The molecule has 0 spiro atoms. The summed E-state index contributed by atoms with van der Waals surface area (Å²) in [4.78, 5) is 9.56. The summed E-state index contributed by atoms with van der Waals surface area (Å²) >= 11 is 3.80. The summed E-state index contributed by atoms with van der Waals surface area (Å²) in [5.41, 5.74) is 5.64. The second kappa shape index (κ2) is 6.39. The molecule has 0 N–H and O–H groups in total. The van der Waals surface area contributed by atoms with Gasteiger partial charge in [0.25, 0.3) is 0 Å². The molecule has 0 radical (unpaired) electrons. The van der Waals surface area contributed by atoms with Crippen LogP contribution in [0, 0.1) is 0 Å². The molecule has 0 unspecified atom stereocenters. The molecule has 0 saturated heterocycles. The van der Waals surface area contributed by atoms with E-state index in [1.165, 1.54) is 5.56 Å². The van der Waals surface area contributed by atoms with Gasteiger partial charge in [-0.2, -0.15) is 0 Å². The van der Waals surface area contributed by atoms with Gasteiger partial charge in [-0.15, -0.1) is 17.0 Å². The van der Waals surface area contributed by atoms with Gasteiger partial charge in [0.15, 0.2) is 0 Å². The predicted octanol–water partition coefficient (Wildman–Crippen LogP) is 5.53. The van der Waals surface area contributed by atoms with E-state index in [-0.39, 0.29) is 17.0 Å². The van der Waals surface area contributed by atoms with E-state index in [9.17, 15) is 0 Å². The number of pyridine rings is 1. The minimum atomic E-state index is 0. The Balaban J connectivity index is 0.00000157. The minimum absolute atomic E-state index is 0. The maximum Gasteiger partial charge on any atom is 0.117 e. The minimum Gasteiger partial charge on any atom is -0.288 e. The van der Waals surface area contributed by atoms with E-state index in [0.29, 0.717) is 0 Å². The van der Waals surface area contributed by atoms with Gasteiger partial charge in [0.1, 0.15) is 16.1 Å². The first kappa shape index (κ1) is 16.5. The second-order valence-electron chi connectivity index (χ2n) is 6.02. The molecule has 5 rings (SSSR count). The summed E-state index contributed by atoms with van der Waals surface area (Å²) in [7, 11) is 0. The van der Waals surface area contributed by atoms with Crippen LogP contribution in [0.3, 0.4) is 0 Å². The summed E-state index contributed by atoms with van der Waals surface area (Å²) in [5.74, 6) is 1.09. The van der Waals surface area contributed by atoms with Gasteiger partial charge in [-0.1, -0.05) is 48.5 Å². The van der Waals surface area contributed by atoms with Gasteiger partial charge in [-0.3, -0.25) is 9.55 Å². The van der Waals surface area contributed by atoms with Crippen molar-refractivity contribution in [1.29, 1.82) is 0 Å². The van der Waals surface area contributed by atoms with E-state index in [1.807, 2.05) is 30.5 Å². The van der Waals surface area contributed by atoms with Crippen molar-refractivity contribution in [2.24, 2.45) is 0 Å². The zero-order valence-electron chi connectivity index (χ0n) is 13.3. The van der Waals surface area contributed by atoms with Crippen molar-refractivity contribution >= 4 is 43.8 Å². The highest BCUT2D eigenvalue weighted by Crippen LogP contribution is 2.37. The fraction of sp³-hybridized carbons (Fsp3) is 0.100. The van der Waals surface area contributed by atoms with Crippen molar-refractivity contribution < 1.29 is 0 Å². The molecule has 0 atom stereocenters. The largest absolute Gasteiger partial charge is 0.288 e. The van der Waals surface area contributed by atoms with Crippen LogP contribution >= 0.6 is 32.9 Å². The summed E-state index contributed by atoms with van der Waals surface area (Å²) in [6, 6.07) is 18.8. The van der Waals surface area contributed by atoms with E-state index in [4.69, 9.17) is 4.98 Å². The van der Waals surface area contributed by atoms with Crippen molar-refractivity contribution in [1.82, 2.24) is 14.5 Å². The van der Waals surface area contributed by atoms with Gasteiger partial charge >= 0.3 is 0 Å². The molecule has 2 aromatic heterocycles. The quantitative estimate of drug-likeness (QED) is 0.377. The zero-order valence-corrected chi connectivity index (χ0v) is 16.6. The molecule has 0 aliphatic carbocycles. The van der Waals surface area contributed by atoms with Gasteiger partial charge < -0.3 is 0 Å². The number of aromatic nitrogens is 3. The number of imidazole rings is 1. The Morgan fingerprint density at radius 3 is 2.60 bits per heavy atom. The third-order valence-electron chi connectivity index (χ3n) is 4.61. The summed E-state index contributed by atoms with van der Waals surface area (Å²) in [5, 5.41) is 1.16. The average molecular weight is 457 g/mol. The van der Waals surface area contributed by atoms with E-state index in [1.54, 1.807) is 0 Å². The molecule has 1 aliphatic heterocycles. The number of halogens is 2. The first-order chi connectivity index (χ1) is 11.8. The van der Waals surface area contributed by atoms with E-state index < -0.39 is 0 Å². The van der Waals surface area contributed by atoms with Crippen molar-refractivity contribution in [2.75, 3.05) is 0 Å². The molecule has 0 bridgehead atoms. The van der Waals surface area contributed by atoms with Gasteiger partial charge in [-0.25, -0.2) is 4.98 Å². The molecule has 3 heterocycles. The van der Waals surface area contributed by atoms with Crippen molar-refractivity contribution in [3.05, 3.63) is 76.8 Å². The molecule has 1 aliphatic rings. The van der Waals surface area contributed by atoms with Crippen molar-refractivity contribution in [2.45, 2.75) is 12.8 Å². The lowest BCUT2D eigenvalue weighted by Crippen LogP contribution is -2.13. The fourth-order valence-electron chi connectivity index (χ4n) is 3.49. The van der Waals surface area contributed by atoms with Crippen LogP contribution in [0.25, 0.3) is 27.8 Å². The van der Waals surface area contributed by atoms with E-state index >= 15 is 0 Å². The second-order valence-corrected chi connectivity index (χ2v) is 6.77. The molecule has 0 amide bonds. The van der Waals surface area contributed by atoms with Gasteiger partial charge in [-0.05, 0) is 34.0 Å². The summed E-state index contributed by atoms with van der Waals surface area (Å²) < 4.78 is 3.24. The predicted molar refractivity (Wildman–Crippen MR) is 110 cm³/mol. The maximum absolute atomic E-state index is 4.91. The number of nitrogens with zero attached hydrogens (tertiary/aromatic N) is 3. The Hall–Kier alpha value is -1.98. The fourth-order valence-corrected chi connectivity index (χ4v) is 4.19. The molecule has 25 heavy (non-hydrogen) atoms. The Kier molecular flexibility index (Phi) is 4.21. The number of fused-ring (bicyclic) bond motifs is 5. The number of aryl methyl sites for hydroxylation is 2. The van der Waals surface area contributed by atoms with Crippen LogP contribution in [0.5, 0.6) is 0 Å². The van der Waals surface area contributed by atoms with Crippen LogP contribution in [0.15, 0.2) is 65.4 Å². The SMILES string of the molecule is Br.Brc1c(-c2ccccc2)nc2n1-c1c(ccc3cccnc13)CC2. The number of hydrogen-bond donors (Lipinski definition) is 0. The highest BCUT2D eigenvalue weighted by atomic mass is 79.9. The molecule has 4 aromatic rings. The van der Waals surface area contributed by atoms with Gasteiger partial charge in [0, 0.05) is 23.6 Å². The Labute approximate surface area is 164 Å². The molecule has 0 fully saturated rings. The molecule has 0 saturated carbocycles. The Bertz CT molecular complexity index is 1070. The smallest absolute Gasteiger partial charge is 0.117 e. The highest BCUT2D eigenvalue weighted by Gasteiger charge is 2.25. The Morgan fingerprint density at radius 2 is 1.76 bits per heavy atom. The molecular weight excluding hydrogens is 442 g/mol. The molecule has 5 heteroatoms. The monoisotopic (exact) mass is 455 g/mol. The lowest BCUT2D eigenvalue weighted by molar-refractivity contribution is 0.775. The van der Waals surface area contributed by atoms with Crippen LogP contribution in [0.2, 0.25) is 0 Å². The third-order valence-corrected chi connectivity index (χ3v) is 5.34. The third kappa shape index (κ3) is 2.53. The van der Waals surface area contributed by atoms with Gasteiger partial charge in [0.2, 0.25) is 0 Å². The summed E-state index contributed by atoms with van der Waals surface area (Å²) in [6.45, 7) is 0. The highest BCUT2D eigenvalue weighted by molar-refractivity contribution is 9.10. The molecule has 3 nitrogen and oxygen atoms in total. The van der Waals surface area contributed by atoms with Crippen LogP contribution in [-0.4, -0.2) is 14.5 Å². The van der Waals surface area contributed by atoms with E-state index in [0.717, 1.165) is 51.1 Å². The van der Waals surface area contributed by atoms with Gasteiger partial charge in [0.05, 0.1) is 11.2 Å². The van der Waals surface area contributed by atoms with Crippen molar-refractivity contribution in [3.8, 4) is 16.9 Å². The summed E-state index contributed by atoms with van der Waals surface area (Å²) in [6.07, 6.45) is 3.80. The first-order valence-electron chi connectivity index (χ1n) is 8.02. The first-order valence-corrected chi connectivity index (χ1v) is 8.82. The van der Waals surface area contributed by atoms with E-state index in [2.05, 4.69) is 55.8 Å². The molecular formula is C20H15Br2N3. The molecule has 2 aromatic carbocycles. The van der Waals surface area contributed by atoms with Crippen LogP contribution in [0.1, 0.15) is 11.4 Å². The van der Waals surface area contributed by atoms with Crippen LogP contribution in [-0.2, 0) is 12.8 Å². The topological polar surface area (TPSA) is 30.7 Å². The molecule has 124 valence electrons. The van der Waals surface area contributed by atoms with Crippen molar-refractivity contribution in [3.63, 3.8) is 0 Å². The van der Waals surface area contributed by atoms with Crippen LogP contribution < -0.4 is 0 Å². The zero-order chi connectivity index (χ0) is 16.1. The van der Waals surface area contributed by atoms with Crippen LogP contribution in [0.4, 0.5) is 0 Å².